The monoisotopic (exact) mass is 231 g/mol. The summed E-state index contributed by atoms with van der Waals surface area (Å²) in [6.45, 7) is 3.13. The van der Waals surface area contributed by atoms with E-state index in [0.29, 0.717) is 18.4 Å². The number of carbonyl (C=O) groups is 1. The van der Waals surface area contributed by atoms with E-state index >= 15 is 0 Å². The summed E-state index contributed by atoms with van der Waals surface area (Å²) in [6, 6.07) is 0. The molecule has 4 heteroatoms. The summed E-state index contributed by atoms with van der Waals surface area (Å²) in [7, 11) is 0. The lowest BCUT2D eigenvalue weighted by Gasteiger charge is -2.32. The predicted octanol–water partition coefficient (Wildman–Crippen LogP) is 1.50. The van der Waals surface area contributed by atoms with Gasteiger partial charge in [0.25, 0.3) is 0 Å². The number of hydrogen-bond donors (Lipinski definition) is 0. The molecule has 2 heterocycles. The van der Waals surface area contributed by atoms with Gasteiger partial charge in [-0.15, -0.1) is 11.6 Å². The number of nitrogens with zero attached hydrogens (tertiary/aromatic N) is 1. The van der Waals surface area contributed by atoms with Crippen LogP contribution in [0.15, 0.2) is 0 Å². The number of amides is 1. The van der Waals surface area contributed by atoms with Crippen molar-refractivity contribution in [1.29, 1.82) is 0 Å². The number of ether oxygens (including phenoxy) is 1. The van der Waals surface area contributed by atoms with Gasteiger partial charge in [-0.05, 0) is 25.2 Å². The molecule has 86 valence electrons. The number of piperidine rings is 1. The molecule has 3 nitrogen and oxygen atoms in total. The number of carbonyl (C=O) groups excluding carboxylic acids is 1. The maximum Gasteiger partial charge on any atom is 0.228 e. The van der Waals surface area contributed by atoms with Crippen LogP contribution in [0.3, 0.4) is 0 Å². The SMILES string of the molecule is O=C(C1CCOC1)N1CCC(CCl)CC1. The molecule has 0 spiro atoms. The second-order valence-corrected chi connectivity index (χ2v) is 4.79. The van der Waals surface area contributed by atoms with Crippen LogP contribution in [0, 0.1) is 11.8 Å². The summed E-state index contributed by atoms with van der Waals surface area (Å²) in [5.41, 5.74) is 0. The van der Waals surface area contributed by atoms with Crippen molar-refractivity contribution in [3.05, 3.63) is 0 Å². The first-order chi connectivity index (χ1) is 7.31. The van der Waals surface area contributed by atoms with E-state index < -0.39 is 0 Å². The van der Waals surface area contributed by atoms with Gasteiger partial charge in [-0.25, -0.2) is 0 Å². The van der Waals surface area contributed by atoms with Crippen LogP contribution in [0.25, 0.3) is 0 Å². The Morgan fingerprint density at radius 2 is 2.07 bits per heavy atom. The Morgan fingerprint density at radius 1 is 1.33 bits per heavy atom. The first-order valence-corrected chi connectivity index (χ1v) is 6.27. The molecule has 0 saturated carbocycles. The van der Waals surface area contributed by atoms with Crippen molar-refractivity contribution >= 4 is 17.5 Å². The van der Waals surface area contributed by atoms with Gasteiger partial charge in [0.2, 0.25) is 5.91 Å². The van der Waals surface area contributed by atoms with Gasteiger partial charge in [-0.3, -0.25) is 4.79 Å². The second-order valence-electron chi connectivity index (χ2n) is 4.48. The first-order valence-electron chi connectivity index (χ1n) is 5.73. The van der Waals surface area contributed by atoms with Crippen molar-refractivity contribution in [3.8, 4) is 0 Å². The molecule has 0 bridgehead atoms. The molecule has 0 aromatic heterocycles. The van der Waals surface area contributed by atoms with Gasteiger partial charge in [0.15, 0.2) is 0 Å². The minimum atomic E-state index is 0.123. The van der Waals surface area contributed by atoms with Gasteiger partial charge in [-0.2, -0.15) is 0 Å². The minimum Gasteiger partial charge on any atom is -0.381 e. The summed E-state index contributed by atoms with van der Waals surface area (Å²) in [4.78, 5) is 14.0. The van der Waals surface area contributed by atoms with Crippen molar-refractivity contribution in [1.82, 2.24) is 4.90 Å². The Labute approximate surface area is 95.7 Å². The molecule has 0 aliphatic carbocycles. The van der Waals surface area contributed by atoms with Gasteiger partial charge < -0.3 is 9.64 Å². The van der Waals surface area contributed by atoms with Crippen molar-refractivity contribution in [2.24, 2.45) is 11.8 Å². The van der Waals surface area contributed by atoms with Crippen LogP contribution in [-0.2, 0) is 9.53 Å². The van der Waals surface area contributed by atoms with Crippen molar-refractivity contribution in [2.45, 2.75) is 19.3 Å². The zero-order valence-corrected chi connectivity index (χ0v) is 9.71. The van der Waals surface area contributed by atoms with Crippen LogP contribution in [0.5, 0.6) is 0 Å². The molecular weight excluding hydrogens is 214 g/mol. The predicted molar refractivity (Wildman–Crippen MR) is 59.0 cm³/mol. The maximum atomic E-state index is 12.0. The molecule has 0 aromatic carbocycles. The van der Waals surface area contributed by atoms with Crippen LogP contribution >= 0.6 is 11.6 Å². The van der Waals surface area contributed by atoms with E-state index in [1.54, 1.807) is 0 Å². The molecule has 2 saturated heterocycles. The summed E-state index contributed by atoms with van der Waals surface area (Å²) in [6.07, 6.45) is 3.01. The van der Waals surface area contributed by atoms with Gasteiger partial charge in [0.05, 0.1) is 12.5 Å². The summed E-state index contributed by atoms with van der Waals surface area (Å²) in [5, 5.41) is 0. The zero-order valence-electron chi connectivity index (χ0n) is 8.95. The van der Waals surface area contributed by atoms with Gasteiger partial charge in [-0.1, -0.05) is 0 Å². The molecule has 0 aromatic rings. The van der Waals surface area contributed by atoms with Gasteiger partial charge >= 0.3 is 0 Å². The maximum absolute atomic E-state index is 12.0. The lowest BCUT2D eigenvalue weighted by Crippen LogP contribution is -2.42. The van der Waals surface area contributed by atoms with E-state index in [1.165, 1.54) is 0 Å². The number of alkyl halides is 1. The lowest BCUT2D eigenvalue weighted by atomic mass is 9.97. The van der Waals surface area contributed by atoms with Crippen LogP contribution in [0.4, 0.5) is 0 Å². The first kappa shape index (κ1) is 11.2. The van der Waals surface area contributed by atoms with E-state index in [0.717, 1.165) is 44.8 Å². The van der Waals surface area contributed by atoms with Crippen LogP contribution in [0.1, 0.15) is 19.3 Å². The Kier molecular flexibility index (Phi) is 3.87. The quantitative estimate of drug-likeness (QED) is 0.675. The highest BCUT2D eigenvalue weighted by Crippen LogP contribution is 2.22. The molecule has 1 amide bonds. The molecule has 2 aliphatic rings. The Hall–Kier alpha value is -0.280. The summed E-state index contributed by atoms with van der Waals surface area (Å²) >= 11 is 5.81. The van der Waals surface area contributed by atoms with Gasteiger partial charge in [0, 0.05) is 25.6 Å². The lowest BCUT2D eigenvalue weighted by molar-refractivity contribution is -0.136. The van der Waals surface area contributed by atoms with E-state index in [4.69, 9.17) is 16.3 Å². The molecule has 1 atom stereocenters. The molecule has 0 N–H and O–H groups in total. The van der Waals surface area contributed by atoms with Crippen molar-refractivity contribution in [3.63, 3.8) is 0 Å². The number of rotatable bonds is 2. The number of halogens is 1. The third-order valence-corrected chi connectivity index (χ3v) is 3.86. The third kappa shape index (κ3) is 2.64. The Bertz CT molecular complexity index is 221. The Balaban J connectivity index is 1.81. The van der Waals surface area contributed by atoms with Crippen LogP contribution in [0.2, 0.25) is 0 Å². The van der Waals surface area contributed by atoms with Gasteiger partial charge in [0.1, 0.15) is 0 Å². The van der Waals surface area contributed by atoms with E-state index in [-0.39, 0.29) is 5.92 Å². The normalized spacial score (nSPS) is 28.3. The van der Waals surface area contributed by atoms with E-state index in [2.05, 4.69) is 0 Å². The molecule has 2 rings (SSSR count). The van der Waals surface area contributed by atoms with Crippen LogP contribution in [-0.4, -0.2) is 43.0 Å². The summed E-state index contributed by atoms with van der Waals surface area (Å²) in [5.74, 6) is 1.75. The topological polar surface area (TPSA) is 29.5 Å². The fraction of sp³-hybridized carbons (Fsp3) is 0.909. The molecule has 2 aliphatic heterocycles. The average Bonchev–Trinajstić information content (AvgIpc) is 2.82. The highest BCUT2D eigenvalue weighted by Gasteiger charge is 2.30. The average molecular weight is 232 g/mol. The third-order valence-electron chi connectivity index (χ3n) is 3.42. The standard InChI is InChI=1S/C11H18ClNO2/c12-7-9-1-4-13(5-2-9)11(14)10-3-6-15-8-10/h9-10H,1-8H2. The fourth-order valence-corrected chi connectivity index (χ4v) is 2.60. The molecule has 1 unspecified atom stereocenters. The molecule has 2 fully saturated rings. The van der Waals surface area contributed by atoms with Crippen LogP contribution < -0.4 is 0 Å². The van der Waals surface area contributed by atoms with E-state index in [1.807, 2.05) is 4.90 Å². The molecule has 0 radical (unpaired) electrons. The number of hydrogen-bond acceptors (Lipinski definition) is 2. The molecule has 15 heavy (non-hydrogen) atoms. The van der Waals surface area contributed by atoms with Crippen molar-refractivity contribution in [2.75, 3.05) is 32.2 Å². The van der Waals surface area contributed by atoms with E-state index in [9.17, 15) is 4.79 Å². The minimum absolute atomic E-state index is 0.123. The molecular formula is C11H18ClNO2. The zero-order chi connectivity index (χ0) is 10.7. The number of likely N-dealkylation sites (tertiary alicyclic amines) is 1. The Morgan fingerprint density at radius 3 is 2.60 bits per heavy atom. The fourth-order valence-electron chi connectivity index (χ4n) is 2.30. The smallest absolute Gasteiger partial charge is 0.228 e. The largest absolute Gasteiger partial charge is 0.381 e. The highest BCUT2D eigenvalue weighted by atomic mass is 35.5. The van der Waals surface area contributed by atoms with Crippen molar-refractivity contribution < 1.29 is 9.53 Å². The highest BCUT2D eigenvalue weighted by molar-refractivity contribution is 6.18. The summed E-state index contributed by atoms with van der Waals surface area (Å²) < 4.78 is 5.24. The second kappa shape index (κ2) is 5.17.